The molecule has 1 fully saturated rings. The molecule has 0 bridgehead atoms. The largest absolute Gasteiger partial charge is 0.461 e. The van der Waals surface area contributed by atoms with Crippen molar-refractivity contribution in [1.29, 1.82) is 0 Å². The van der Waals surface area contributed by atoms with Crippen molar-refractivity contribution < 1.29 is 9.53 Å². The third-order valence-electron chi connectivity index (χ3n) is 5.15. The van der Waals surface area contributed by atoms with Crippen LogP contribution < -0.4 is 5.32 Å². The van der Waals surface area contributed by atoms with E-state index in [2.05, 4.69) is 12.2 Å². The summed E-state index contributed by atoms with van der Waals surface area (Å²) >= 11 is 0. The Morgan fingerprint density at radius 1 is 0.840 bits per heavy atom. The summed E-state index contributed by atoms with van der Waals surface area (Å²) in [5.41, 5.74) is 0. The van der Waals surface area contributed by atoms with Crippen LogP contribution in [0.3, 0.4) is 0 Å². The number of esters is 1. The van der Waals surface area contributed by atoms with Gasteiger partial charge in [0.1, 0.15) is 6.10 Å². The molecule has 0 aromatic rings. The summed E-state index contributed by atoms with van der Waals surface area (Å²) in [7, 11) is 0. The Balaban J connectivity index is 1.71. The second-order valence-corrected chi connectivity index (χ2v) is 7.66. The molecule has 0 saturated carbocycles. The van der Waals surface area contributed by atoms with E-state index in [1.54, 1.807) is 0 Å². The average molecular weight is 353 g/mol. The Morgan fingerprint density at radius 3 is 1.76 bits per heavy atom. The SMILES string of the molecule is CCCCCCCCCCCCCCCCCC(=O)OC1C[CH]NC1. The standard InChI is InChI=1S/C22H42NO2/c1-2-3-4-5-6-7-8-9-10-11-12-13-14-15-16-17-22(24)25-21-18-19-23-20-21/h19,21,23H,2-18,20H2,1H3. The van der Waals surface area contributed by atoms with Crippen molar-refractivity contribution >= 4 is 5.97 Å². The van der Waals surface area contributed by atoms with Gasteiger partial charge in [-0.25, -0.2) is 0 Å². The van der Waals surface area contributed by atoms with Crippen LogP contribution in [-0.2, 0) is 9.53 Å². The summed E-state index contributed by atoms with van der Waals surface area (Å²) in [5, 5.41) is 3.10. The maximum absolute atomic E-state index is 11.7. The van der Waals surface area contributed by atoms with E-state index >= 15 is 0 Å². The lowest BCUT2D eigenvalue weighted by atomic mass is 10.0. The van der Waals surface area contributed by atoms with Gasteiger partial charge in [0.05, 0.1) is 0 Å². The molecule has 0 aromatic heterocycles. The quantitative estimate of drug-likeness (QED) is 0.246. The molecule has 0 aliphatic carbocycles. The van der Waals surface area contributed by atoms with Crippen molar-refractivity contribution in [3.8, 4) is 0 Å². The number of rotatable bonds is 17. The van der Waals surface area contributed by atoms with Crippen LogP contribution in [0.25, 0.3) is 0 Å². The first-order valence-corrected chi connectivity index (χ1v) is 11.1. The third kappa shape index (κ3) is 14.3. The van der Waals surface area contributed by atoms with Crippen LogP contribution in [0.2, 0.25) is 0 Å². The highest BCUT2D eigenvalue weighted by molar-refractivity contribution is 5.69. The number of nitrogens with one attached hydrogen (secondary N) is 1. The number of ether oxygens (including phenoxy) is 1. The van der Waals surface area contributed by atoms with Crippen molar-refractivity contribution in [3.63, 3.8) is 0 Å². The van der Waals surface area contributed by atoms with Crippen LogP contribution in [-0.4, -0.2) is 18.6 Å². The molecule has 0 aromatic carbocycles. The molecule has 1 aliphatic rings. The van der Waals surface area contributed by atoms with E-state index in [4.69, 9.17) is 4.74 Å². The van der Waals surface area contributed by atoms with Crippen molar-refractivity contribution in [2.45, 2.75) is 122 Å². The number of unbranched alkanes of at least 4 members (excludes halogenated alkanes) is 14. The molecule has 1 unspecified atom stereocenters. The van der Waals surface area contributed by atoms with Gasteiger partial charge in [-0.2, -0.15) is 0 Å². The van der Waals surface area contributed by atoms with Crippen molar-refractivity contribution in [2.75, 3.05) is 6.54 Å². The smallest absolute Gasteiger partial charge is 0.306 e. The lowest BCUT2D eigenvalue weighted by Crippen LogP contribution is -2.20. The third-order valence-corrected chi connectivity index (χ3v) is 5.15. The van der Waals surface area contributed by atoms with Gasteiger partial charge in [-0.3, -0.25) is 4.79 Å². The van der Waals surface area contributed by atoms with Crippen molar-refractivity contribution in [1.82, 2.24) is 5.32 Å². The zero-order chi connectivity index (χ0) is 18.0. The Morgan fingerprint density at radius 2 is 1.32 bits per heavy atom. The van der Waals surface area contributed by atoms with Crippen LogP contribution in [0.4, 0.5) is 0 Å². The van der Waals surface area contributed by atoms with E-state index in [1.807, 2.05) is 6.54 Å². The highest BCUT2D eigenvalue weighted by Gasteiger charge is 2.18. The van der Waals surface area contributed by atoms with Gasteiger partial charge in [0.2, 0.25) is 0 Å². The van der Waals surface area contributed by atoms with Crippen LogP contribution in [0.1, 0.15) is 116 Å². The van der Waals surface area contributed by atoms with E-state index in [-0.39, 0.29) is 12.1 Å². The maximum atomic E-state index is 11.7. The fraction of sp³-hybridized carbons (Fsp3) is 0.909. The minimum Gasteiger partial charge on any atom is -0.461 e. The summed E-state index contributed by atoms with van der Waals surface area (Å²) in [4.78, 5) is 11.7. The highest BCUT2D eigenvalue weighted by atomic mass is 16.5. The lowest BCUT2D eigenvalue weighted by molar-refractivity contribution is -0.148. The molecule has 1 heterocycles. The molecule has 3 heteroatoms. The normalized spacial score (nSPS) is 17.1. The lowest BCUT2D eigenvalue weighted by Gasteiger charge is -2.10. The molecule has 1 N–H and O–H groups in total. The van der Waals surface area contributed by atoms with E-state index in [1.165, 1.54) is 89.9 Å². The van der Waals surface area contributed by atoms with Gasteiger partial charge in [-0.1, -0.05) is 96.8 Å². The fourth-order valence-electron chi connectivity index (χ4n) is 3.49. The first-order valence-electron chi connectivity index (χ1n) is 11.1. The molecule has 1 saturated heterocycles. The van der Waals surface area contributed by atoms with Crippen LogP contribution in [0.15, 0.2) is 0 Å². The number of hydrogen-bond acceptors (Lipinski definition) is 3. The Kier molecular flexibility index (Phi) is 15.2. The Labute approximate surface area is 156 Å². The molecular formula is C22H42NO2. The predicted molar refractivity (Wildman–Crippen MR) is 106 cm³/mol. The van der Waals surface area contributed by atoms with E-state index in [0.717, 1.165) is 19.4 Å². The van der Waals surface area contributed by atoms with Crippen molar-refractivity contribution in [2.24, 2.45) is 0 Å². The fourth-order valence-corrected chi connectivity index (χ4v) is 3.49. The molecule has 147 valence electrons. The topological polar surface area (TPSA) is 38.3 Å². The summed E-state index contributed by atoms with van der Waals surface area (Å²) in [6.45, 7) is 5.04. The second-order valence-electron chi connectivity index (χ2n) is 7.66. The summed E-state index contributed by atoms with van der Waals surface area (Å²) in [6, 6.07) is 0. The first kappa shape index (κ1) is 22.5. The molecule has 1 radical (unpaired) electrons. The first-order chi connectivity index (χ1) is 12.3. The summed E-state index contributed by atoms with van der Waals surface area (Å²) in [6.07, 6.45) is 21.8. The molecule has 0 amide bonds. The van der Waals surface area contributed by atoms with Gasteiger partial charge >= 0.3 is 5.97 Å². The molecule has 3 nitrogen and oxygen atoms in total. The van der Waals surface area contributed by atoms with Gasteiger partial charge in [-0.05, 0) is 6.42 Å². The minimum atomic E-state index is -0.0169. The molecular weight excluding hydrogens is 310 g/mol. The van der Waals surface area contributed by atoms with Crippen LogP contribution >= 0.6 is 0 Å². The van der Waals surface area contributed by atoms with E-state index in [9.17, 15) is 4.79 Å². The monoisotopic (exact) mass is 352 g/mol. The molecule has 25 heavy (non-hydrogen) atoms. The molecule has 1 atom stereocenters. The minimum absolute atomic E-state index is 0.0169. The van der Waals surface area contributed by atoms with Crippen LogP contribution in [0.5, 0.6) is 0 Å². The van der Waals surface area contributed by atoms with Crippen LogP contribution in [0, 0.1) is 6.54 Å². The summed E-state index contributed by atoms with van der Waals surface area (Å²) < 4.78 is 5.40. The maximum Gasteiger partial charge on any atom is 0.306 e. The Hall–Kier alpha value is -0.570. The highest BCUT2D eigenvalue weighted by Crippen LogP contribution is 2.14. The van der Waals surface area contributed by atoms with Gasteiger partial charge in [0.15, 0.2) is 0 Å². The number of carbonyl (C=O) groups excluding carboxylic acids is 1. The predicted octanol–water partition coefficient (Wildman–Crippen LogP) is 6.31. The average Bonchev–Trinajstić information content (AvgIpc) is 3.11. The second kappa shape index (κ2) is 16.9. The van der Waals surface area contributed by atoms with E-state index < -0.39 is 0 Å². The zero-order valence-corrected chi connectivity index (χ0v) is 16.7. The van der Waals surface area contributed by atoms with Crippen molar-refractivity contribution in [3.05, 3.63) is 6.54 Å². The van der Waals surface area contributed by atoms with Gasteiger partial charge in [-0.15, -0.1) is 0 Å². The number of carbonyl (C=O) groups is 1. The van der Waals surface area contributed by atoms with Gasteiger partial charge in [0.25, 0.3) is 0 Å². The molecule has 0 spiro atoms. The van der Waals surface area contributed by atoms with Gasteiger partial charge in [0, 0.05) is 25.9 Å². The molecule has 1 aliphatic heterocycles. The van der Waals surface area contributed by atoms with Gasteiger partial charge < -0.3 is 10.1 Å². The molecule has 1 rings (SSSR count). The zero-order valence-electron chi connectivity index (χ0n) is 16.7. The summed E-state index contributed by atoms with van der Waals surface area (Å²) in [5.74, 6) is -0.0169. The Bertz CT molecular complexity index is 300. The van der Waals surface area contributed by atoms with E-state index in [0.29, 0.717) is 6.42 Å². The number of hydrogen-bond donors (Lipinski definition) is 1.